The van der Waals surface area contributed by atoms with Crippen molar-refractivity contribution in [2.75, 3.05) is 25.6 Å². The van der Waals surface area contributed by atoms with Crippen LogP contribution in [0.15, 0.2) is 42.5 Å². The van der Waals surface area contributed by atoms with Crippen molar-refractivity contribution in [2.24, 2.45) is 0 Å². The summed E-state index contributed by atoms with van der Waals surface area (Å²) in [5.41, 5.74) is 0.589. The van der Waals surface area contributed by atoms with E-state index in [-0.39, 0.29) is 6.03 Å². The summed E-state index contributed by atoms with van der Waals surface area (Å²) in [6.07, 6.45) is 0.655. The lowest BCUT2D eigenvalue weighted by molar-refractivity contribution is 0.250. The van der Waals surface area contributed by atoms with Gasteiger partial charge >= 0.3 is 6.03 Å². The standard InChI is InChI=1S/C17H18Cl2N2O3/c1-23-15-8-7-12(11-14(15)19)21-17(22)20-9-4-10-24-16-6-3-2-5-13(16)18/h2-3,5-8,11H,4,9-10H2,1H3,(H2,20,21,22). The van der Waals surface area contributed by atoms with E-state index in [2.05, 4.69) is 10.6 Å². The van der Waals surface area contributed by atoms with Gasteiger partial charge in [-0.1, -0.05) is 35.3 Å². The molecule has 5 nitrogen and oxygen atoms in total. The Kier molecular flexibility index (Phi) is 7.03. The molecule has 2 amide bonds. The predicted molar refractivity (Wildman–Crippen MR) is 96.6 cm³/mol. The molecule has 7 heteroatoms. The maximum absolute atomic E-state index is 11.8. The summed E-state index contributed by atoms with van der Waals surface area (Å²) in [5.74, 6) is 1.19. The van der Waals surface area contributed by atoms with Crippen molar-refractivity contribution in [3.63, 3.8) is 0 Å². The number of urea groups is 1. The first-order valence-corrected chi connectivity index (χ1v) is 8.11. The lowest BCUT2D eigenvalue weighted by atomic mass is 10.3. The van der Waals surface area contributed by atoms with Gasteiger partial charge < -0.3 is 20.1 Å². The van der Waals surface area contributed by atoms with E-state index in [0.29, 0.717) is 46.8 Å². The van der Waals surface area contributed by atoms with Crippen molar-refractivity contribution in [1.29, 1.82) is 0 Å². The molecule has 128 valence electrons. The van der Waals surface area contributed by atoms with E-state index in [1.807, 2.05) is 12.1 Å². The third kappa shape index (κ3) is 5.51. The quantitative estimate of drug-likeness (QED) is 0.702. The predicted octanol–water partition coefficient (Wildman–Crippen LogP) is 4.59. The Morgan fingerprint density at radius 3 is 2.58 bits per heavy atom. The fourth-order valence-corrected chi connectivity index (χ4v) is 2.39. The molecule has 0 aliphatic rings. The second-order valence-electron chi connectivity index (χ2n) is 4.86. The number of benzene rings is 2. The summed E-state index contributed by atoms with van der Waals surface area (Å²) < 4.78 is 10.6. The van der Waals surface area contributed by atoms with Crippen LogP contribution in [0, 0.1) is 0 Å². The number of amides is 2. The van der Waals surface area contributed by atoms with E-state index in [4.69, 9.17) is 32.7 Å². The Hall–Kier alpha value is -2.11. The number of anilines is 1. The molecule has 0 atom stereocenters. The number of carbonyl (C=O) groups excluding carboxylic acids is 1. The van der Waals surface area contributed by atoms with Gasteiger partial charge in [0.25, 0.3) is 0 Å². The normalized spacial score (nSPS) is 10.1. The summed E-state index contributed by atoms with van der Waals surface area (Å²) in [4.78, 5) is 11.8. The minimum Gasteiger partial charge on any atom is -0.495 e. The average molecular weight is 369 g/mol. The SMILES string of the molecule is COc1ccc(NC(=O)NCCCOc2ccccc2Cl)cc1Cl. The first-order valence-electron chi connectivity index (χ1n) is 7.36. The van der Waals surface area contributed by atoms with Gasteiger partial charge in [-0.2, -0.15) is 0 Å². The second kappa shape index (κ2) is 9.25. The first-order chi connectivity index (χ1) is 11.6. The van der Waals surface area contributed by atoms with Crippen LogP contribution >= 0.6 is 23.2 Å². The average Bonchev–Trinajstić information content (AvgIpc) is 2.56. The Labute approximate surface area is 150 Å². The minimum atomic E-state index is -0.311. The van der Waals surface area contributed by atoms with E-state index >= 15 is 0 Å². The van der Waals surface area contributed by atoms with Crippen molar-refractivity contribution >= 4 is 34.9 Å². The number of halogens is 2. The molecule has 2 N–H and O–H groups in total. The largest absolute Gasteiger partial charge is 0.495 e. The third-order valence-electron chi connectivity index (χ3n) is 3.11. The molecule has 24 heavy (non-hydrogen) atoms. The number of nitrogens with one attached hydrogen (secondary N) is 2. The zero-order chi connectivity index (χ0) is 17.4. The lowest BCUT2D eigenvalue weighted by Crippen LogP contribution is -2.30. The van der Waals surface area contributed by atoms with Gasteiger partial charge in [0.15, 0.2) is 0 Å². The van der Waals surface area contributed by atoms with Gasteiger partial charge in [-0.3, -0.25) is 0 Å². The van der Waals surface area contributed by atoms with Crippen LogP contribution in [0.1, 0.15) is 6.42 Å². The van der Waals surface area contributed by atoms with Gasteiger partial charge in [-0.15, -0.1) is 0 Å². The van der Waals surface area contributed by atoms with Crippen LogP contribution in [0.2, 0.25) is 10.0 Å². The highest BCUT2D eigenvalue weighted by Gasteiger charge is 2.05. The number of methoxy groups -OCH3 is 1. The molecular weight excluding hydrogens is 351 g/mol. The van der Waals surface area contributed by atoms with E-state index < -0.39 is 0 Å². The summed E-state index contributed by atoms with van der Waals surface area (Å²) in [6.45, 7) is 0.929. The summed E-state index contributed by atoms with van der Waals surface area (Å²) >= 11 is 12.0. The molecule has 0 radical (unpaired) electrons. The van der Waals surface area contributed by atoms with Gasteiger partial charge in [0.1, 0.15) is 11.5 Å². The van der Waals surface area contributed by atoms with E-state index in [0.717, 1.165) is 0 Å². The van der Waals surface area contributed by atoms with Gasteiger partial charge in [0.2, 0.25) is 0 Å². The first kappa shape index (κ1) is 18.2. The Bertz CT molecular complexity index is 695. The summed E-state index contributed by atoms with van der Waals surface area (Å²) in [5, 5.41) is 6.45. The zero-order valence-electron chi connectivity index (χ0n) is 13.1. The van der Waals surface area contributed by atoms with Crippen molar-refractivity contribution in [3.8, 4) is 11.5 Å². The Morgan fingerprint density at radius 2 is 1.88 bits per heavy atom. The maximum atomic E-state index is 11.8. The zero-order valence-corrected chi connectivity index (χ0v) is 14.7. The highest BCUT2D eigenvalue weighted by molar-refractivity contribution is 6.32. The van der Waals surface area contributed by atoms with Gasteiger partial charge in [-0.05, 0) is 36.8 Å². The molecule has 0 aliphatic carbocycles. The highest BCUT2D eigenvalue weighted by atomic mass is 35.5. The van der Waals surface area contributed by atoms with Crippen LogP contribution in [-0.4, -0.2) is 26.3 Å². The molecular formula is C17H18Cl2N2O3. The number of hydrogen-bond donors (Lipinski definition) is 2. The minimum absolute atomic E-state index is 0.311. The lowest BCUT2D eigenvalue weighted by Gasteiger charge is -2.10. The smallest absolute Gasteiger partial charge is 0.319 e. The van der Waals surface area contributed by atoms with Crippen molar-refractivity contribution in [1.82, 2.24) is 5.32 Å². The number of ether oxygens (including phenoxy) is 2. The van der Waals surface area contributed by atoms with Gasteiger partial charge in [0.05, 0.1) is 23.8 Å². The number of rotatable bonds is 7. The molecule has 0 spiro atoms. The Balaban J connectivity index is 1.68. The van der Waals surface area contributed by atoms with E-state index in [1.54, 1.807) is 30.3 Å². The van der Waals surface area contributed by atoms with Crippen LogP contribution in [0.3, 0.4) is 0 Å². The highest BCUT2D eigenvalue weighted by Crippen LogP contribution is 2.27. The second-order valence-corrected chi connectivity index (χ2v) is 5.68. The molecule has 0 aromatic heterocycles. The number of hydrogen-bond acceptors (Lipinski definition) is 3. The van der Waals surface area contributed by atoms with E-state index in [1.165, 1.54) is 7.11 Å². The van der Waals surface area contributed by atoms with Crippen molar-refractivity contribution < 1.29 is 14.3 Å². The molecule has 0 saturated carbocycles. The molecule has 2 rings (SSSR count). The summed E-state index contributed by atoms with van der Waals surface area (Å²) in [6, 6.07) is 12.0. The number of para-hydroxylation sites is 1. The maximum Gasteiger partial charge on any atom is 0.319 e. The molecule has 2 aromatic carbocycles. The topological polar surface area (TPSA) is 59.6 Å². The molecule has 0 unspecified atom stereocenters. The van der Waals surface area contributed by atoms with Crippen LogP contribution < -0.4 is 20.1 Å². The molecule has 0 fully saturated rings. The molecule has 0 bridgehead atoms. The fraction of sp³-hybridized carbons (Fsp3) is 0.235. The van der Waals surface area contributed by atoms with Crippen LogP contribution in [0.4, 0.5) is 10.5 Å². The van der Waals surface area contributed by atoms with Gasteiger partial charge in [0, 0.05) is 12.2 Å². The van der Waals surface area contributed by atoms with E-state index in [9.17, 15) is 4.79 Å². The van der Waals surface area contributed by atoms with Crippen molar-refractivity contribution in [2.45, 2.75) is 6.42 Å². The van der Waals surface area contributed by atoms with Gasteiger partial charge in [-0.25, -0.2) is 4.79 Å². The fourth-order valence-electron chi connectivity index (χ4n) is 1.94. The van der Waals surface area contributed by atoms with Crippen molar-refractivity contribution in [3.05, 3.63) is 52.5 Å². The third-order valence-corrected chi connectivity index (χ3v) is 3.72. The molecule has 0 saturated heterocycles. The van der Waals surface area contributed by atoms with Crippen LogP contribution in [0.5, 0.6) is 11.5 Å². The molecule has 0 aliphatic heterocycles. The molecule has 0 heterocycles. The molecule has 2 aromatic rings. The van der Waals surface area contributed by atoms with Crippen LogP contribution in [-0.2, 0) is 0 Å². The van der Waals surface area contributed by atoms with Crippen LogP contribution in [0.25, 0.3) is 0 Å². The Morgan fingerprint density at radius 1 is 1.08 bits per heavy atom. The number of carbonyl (C=O) groups is 1. The summed E-state index contributed by atoms with van der Waals surface area (Å²) in [7, 11) is 1.53. The monoisotopic (exact) mass is 368 g/mol.